The molecule has 0 unspecified atom stereocenters. The van der Waals surface area contributed by atoms with E-state index in [0.29, 0.717) is 0 Å². The van der Waals surface area contributed by atoms with Crippen molar-refractivity contribution in [2.45, 2.75) is 18.9 Å². The lowest BCUT2D eigenvalue weighted by molar-refractivity contribution is 1.26. The second kappa shape index (κ2) is 7.91. The van der Waals surface area contributed by atoms with Gasteiger partial charge in [-0.3, -0.25) is 4.98 Å². The zero-order valence-electron chi connectivity index (χ0n) is 13.3. The predicted molar refractivity (Wildman–Crippen MR) is 109 cm³/mol. The molecule has 25 heavy (non-hydrogen) atoms. The molecule has 0 N–H and O–H groups in total. The van der Waals surface area contributed by atoms with Crippen molar-refractivity contribution in [2.24, 2.45) is 0 Å². The minimum atomic E-state index is 1.19. The fraction of sp³-hybridized carbons (Fsp3) is 0. The molecular formula is C21H15NS3. The van der Waals surface area contributed by atoms with Crippen LogP contribution in [0.2, 0.25) is 0 Å². The Kier molecular flexibility index (Phi) is 5.21. The molecule has 0 saturated heterocycles. The van der Waals surface area contributed by atoms with E-state index in [2.05, 4.69) is 71.0 Å². The van der Waals surface area contributed by atoms with Gasteiger partial charge in [0.2, 0.25) is 0 Å². The molecule has 0 bridgehead atoms. The van der Waals surface area contributed by atoms with E-state index < -0.39 is 0 Å². The number of hydrogen-bond acceptors (Lipinski definition) is 4. The molecule has 4 heteroatoms. The molecule has 1 nitrogen and oxygen atoms in total. The highest BCUT2D eigenvalue weighted by molar-refractivity contribution is 8.01. The van der Waals surface area contributed by atoms with E-state index in [4.69, 9.17) is 0 Å². The van der Waals surface area contributed by atoms with Gasteiger partial charge in [0.1, 0.15) is 0 Å². The molecule has 2 aromatic heterocycles. The van der Waals surface area contributed by atoms with Gasteiger partial charge < -0.3 is 0 Å². The van der Waals surface area contributed by atoms with Gasteiger partial charge in [-0.1, -0.05) is 59.9 Å². The number of thiophene rings is 1. The van der Waals surface area contributed by atoms with Crippen LogP contribution in [0.5, 0.6) is 0 Å². The maximum Gasteiger partial charge on any atom is 0.0652 e. The average Bonchev–Trinajstić information content (AvgIpc) is 3.12. The number of pyridine rings is 1. The van der Waals surface area contributed by atoms with Crippen LogP contribution in [0, 0.1) is 0 Å². The van der Waals surface area contributed by atoms with Crippen molar-refractivity contribution in [3.05, 3.63) is 90.6 Å². The Morgan fingerprint density at radius 1 is 0.760 bits per heavy atom. The fourth-order valence-electron chi connectivity index (χ4n) is 2.42. The van der Waals surface area contributed by atoms with Crippen LogP contribution in [0.1, 0.15) is 0 Å². The second-order valence-electron chi connectivity index (χ2n) is 5.36. The van der Waals surface area contributed by atoms with Crippen LogP contribution in [-0.2, 0) is 0 Å². The van der Waals surface area contributed by atoms with Gasteiger partial charge in [0, 0.05) is 32.6 Å². The van der Waals surface area contributed by atoms with Crippen LogP contribution in [0.4, 0.5) is 0 Å². The zero-order chi connectivity index (χ0) is 16.9. The average molecular weight is 378 g/mol. The summed E-state index contributed by atoms with van der Waals surface area (Å²) in [5, 5.41) is 2.22. The van der Waals surface area contributed by atoms with Crippen LogP contribution >= 0.6 is 34.9 Å². The van der Waals surface area contributed by atoms with Crippen molar-refractivity contribution >= 4 is 34.9 Å². The Hall–Kier alpha value is -2.01. The van der Waals surface area contributed by atoms with Crippen molar-refractivity contribution in [1.82, 2.24) is 4.98 Å². The molecule has 0 fully saturated rings. The molecule has 2 heterocycles. The number of rotatable bonds is 5. The molecule has 0 saturated carbocycles. The summed E-state index contributed by atoms with van der Waals surface area (Å²) in [5.74, 6) is 0. The lowest BCUT2D eigenvalue weighted by Crippen LogP contribution is -1.82. The summed E-state index contributed by atoms with van der Waals surface area (Å²) in [6.07, 6.45) is 3.82. The molecule has 4 rings (SSSR count). The smallest absolute Gasteiger partial charge is 0.0652 e. The second-order valence-corrected chi connectivity index (χ2v) is 8.76. The largest absolute Gasteiger partial charge is 0.264 e. The molecule has 0 radical (unpaired) electrons. The van der Waals surface area contributed by atoms with E-state index in [-0.39, 0.29) is 0 Å². The highest BCUT2D eigenvalue weighted by Gasteiger charge is 2.10. The molecule has 2 aromatic carbocycles. The van der Waals surface area contributed by atoms with Crippen molar-refractivity contribution in [3.8, 4) is 11.1 Å². The minimum absolute atomic E-state index is 1.19. The molecule has 0 amide bonds. The van der Waals surface area contributed by atoms with Gasteiger partial charge in [-0.2, -0.15) is 0 Å². The van der Waals surface area contributed by atoms with Crippen LogP contribution < -0.4 is 0 Å². The number of benzene rings is 2. The Bertz CT molecular complexity index is 949. The lowest BCUT2D eigenvalue weighted by Gasteiger charge is -2.07. The predicted octanol–water partition coefficient (Wildman–Crippen LogP) is 7.11. The summed E-state index contributed by atoms with van der Waals surface area (Å²) in [6, 6.07) is 25.3. The number of aromatic nitrogens is 1. The van der Waals surface area contributed by atoms with Crippen LogP contribution in [0.15, 0.2) is 109 Å². The van der Waals surface area contributed by atoms with E-state index in [1.54, 1.807) is 34.9 Å². The molecule has 0 atom stereocenters. The quantitative estimate of drug-likeness (QED) is 0.368. The normalized spacial score (nSPS) is 10.7. The highest BCUT2D eigenvalue weighted by Crippen LogP contribution is 2.40. The van der Waals surface area contributed by atoms with Gasteiger partial charge in [-0.25, -0.2) is 0 Å². The summed E-state index contributed by atoms with van der Waals surface area (Å²) in [4.78, 5) is 8.08. The molecule has 0 aliphatic heterocycles. The Morgan fingerprint density at radius 3 is 2.16 bits per heavy atom. The van der Waals surface area contributed by atoms with Crippen LogP contribution in [-0.4, -0.2) is 4.98 Å². The van der Waals surface area contributed by atoms with Gasteiger partial charge in [0.25, 0.3) is 0 Å². The summed E-state index contributed by atoms with van der Waals surface area (Å²) in [5.41, 5.74) is 2.42. The Morgan fingerprint density at radius 2 is 1.44 bits per heavy atom. The summed E-state index contributed by atoms with van der Waals surface area (Å²) in [7, 11) is 0. The third kappa shape index (κ3) is 4.15. The van der Waals surface area contributed by atoms with E-state index in [1.165, 1.54) is 30.0 Å². The lowest BCUT2D eigenvalue weighted by atomic mass is 10.1. The Labute approximate surface area is 160 Å². The molecule has 0 aliphatic rings. The van der Waals surface area contributed by atoms with Crippen LogP contribution in [0.3, 0.4) is 0 Å². The monoisotopic (exact) mass is 377 g/mol. The van der Waals surface area contributed by atoms with Gasteiger partial charge in [0.05, 0.1) is 4.21 Å². The van der Waals surface area contributed by atoms with Crippen LogP contribution in [0.25, 0.3) is 11.1 Å². The van der Waals surface area contributed by atoms with Crippen molar-refractivity contribution < 1.29 is 0 Å². The van der Waals surface area contributed by atoms with Gasteiger partial charge in [-0.15, -0.1) is 11.3 Å². The van der Waals surface area contributed by atoms with Crippen molar-refractivity contribution in [2.75, 3.05) is 0 Å². The van der Waals surface area contributed by atoms with Gasteiger partial charge in [0.15, 0.2) is 0 Å². The summed E-state index contributed by atoms with van der Waals surface area (Å²) in [6.45, 7) is 0. The maximum absolute atomic E-state index is 4.34. The van der Waals surface area contributed by atoms with Crippen molar-refractivity contribution in [1.29, 1.82) is 0 Å². The third-order valence-corrected chi connectivity index (χ3v) is 6.77. The first-order valence-corrected chi connectivity index (χ1v) is 10.4. The first-order valence-electron chi connectivity index (χ1n) is 7.87. The molecule has 4 aromatic rings. The Balaban J connectivity index is 1.60. The third-order valence-electron chi connectivity index (χ3n) is 3.60. The SMILES string of the molecule is c1ccc(Sc2cc(-c3cnccc3Sc3ccccc3)cs2)cc1. The van der Waals surface area contributed by atoms with E-state index in [9.17, 15) is 0 Å². The molecule has 0 spiro atoms. The van der Waals surface area contributed by atoms with E-state index in [0.717, 1.165) is 0 Å². The first-order chi connectivity index (χ1) is 12.4. The first kappa shape index (κ1) is 16.5. The maximum atomic E-state index is 4.34. The van der Waals surface area contributed by atoms with Gasteiger partial charge in [-0.05, 0) is 47.3 Å². The van der Waals surface area contributed by atoms with E-state index in [1.807, 2.05) is 24.5 Å². The topological polar surface area (TPSA) is 12.9 Å². The van der Waals surface area contributed by atoms with Crippen molar-refractivity contribution in [3.63, 3.8) is 0 Å². The molecule has 0 aliphatic carbocycles. The van der Waals surface area contributed by atoms with E-state index >= 15 is 0 Å². The number of hydrogen-bond donors (Lipinski definition) is 0. The standard InChI is InChI=1S/C21H15NS3/c1-3-7-17(8-4-1)24-20-11-12-22-14-19(20)16-13-21(23-15-16)25-18-9-5-2-6-10-18/h1-15H. The minimum Gasteiger partial charge on any atom is -0.264 e. The summed E-state index contributed by atoms with van der Waals surface area (Å²) >= 11 is 5.36. The van der Waals surface area contributed by atoms with Gasteiger partial charge >= 0.3 is 0 Å². The molecule has 122 valence electrons. The zero-order valence-corrected chi connectivity index (χ0v) is 15.8. The molecular weight excluding hydrogens is 362 g/mol. The fourth-order valence-corrected chi connectivity index (χ4v) is 5.35. The number of nitrogens with zero attached hydrogens (tertiary/aromatic N) is 1. The summed E-state index contributed by atoms with van der Waals surface area (Å²) < 4.78 is 1.29. The highest BCUT2D eigenvalue weighted by atomic mass is 32.2.